The van der Waals surface area contributed by atoms with E-state index in [1.165, 1.54) is 36.4 Å². The molecule has 0 saturated heterocycles. The van der Waals surface area contributed by atoms with Gasteiger partial charge >= 0.3 is 0 Å². The molecule has 0 aliphatic carbocycles. The Bertz CT molecular complexity index is 632. The zero-order valence-electron chi connectivity index (χ0n) is 9.43. The summed E-state index contributed by atoms with van der Waals surface area (Å²) in [6.45, 7) is 0. The van der Waals surface area contributed by atoms with Crippen molar-refractivity contribution in [2.75, 3.05) is 5.32 Å². The molecule has 0 heterocycles. The molecule has 5 nitrogen and oxygen atoms in total. The molecule has 98 valence electrons. The highest BCUT2D eigenvalue weighted by Crippen LogP contribution is 2.32. The van der Waals surface area contributed by atoms with E-state index in [9.17, 15) is 19.6 Å². The Labute approximate surface area is 112 Å². The molecule has 0 unspecified atom stereocenters. The number of hydrogen-bond donors (Lipinski definition) is 2. The third-order valence-corrected chi connectivity index (χ3v) is 2.73. The Hall–Kier alpha value is -2.34. The van der Waals surface area contributed by atoms with Crippen molar-refractivity contribution in [2.24, 2.45) is 0 Å². The number of non-ortho nitro benzene ring substituents is 1. The van der Waals surface area contributed by atoms with E-state index in [0.717, 1.165) is 0 Å². The lowest BCUT2D eigenvalue weighted by Gasteiger charge is -2.09. The molecule has 0 atom stereocenters. The molecule has 0 bridgehead atoms. The topological polar surface area (TPSA) is 75.4 Å². The lowest BCUT2D eigenvalue weighted by Crippen LogP contribution is -1.95. The van der Waals surface area contributed by atoms with Crippen LogP contribution >= 0.6 is 11.6 Å². The molecule has 7 heteroatoms. The number of rotatable bonds is 3. The van der Waals surface area contributed by atoms with Crippen molar-refractivity contribution >= 4 is 28.7 Å². The first-order valence-electron chi connectivity index (χ1n) is 5.17. The van der Waals surface area contributed by atoms with Crippen LogP contribution in [-0.4, -0.2) is 10.0 Å². The van der Waals surface area contributed by atoms with Gasteiger partial charge in [0.25, 0.3) is 5.69 Å². The van der Waals surface area contributed by atoms with Gasteiger partial charge < -0.3 is 10.4 Å². The van der Waals surface area contributed by atoms with E-state index >= 15 is 0 Å². The minimum atomic E-state index is -0.883. The number of phenolic OH excluding ortho intramolecular Hbond substituents is 1. The number of aromatic hydroxyl groups is 1. The highest BCUT2D eigenvalue weighted by molar-refractivity contribution is 6.32. The molecular weight excluding hydrogens is 275 g/mol. The highest BCUT2D eigenvalue weighted by Gasteiger charge is 2.12. The van der Waals surface area contributed by atoms with Crippen molar-refractivity contribution in [1.82, 2.24) is 0 Å². The molecule has 0 amide bonds. The van der Waals surface area contributed by atoms with E-state index in [1.54, 1.807) is 0 Å². The van der Waals surface area contributed by atoms with E-state index in [4.69, 9.17) is 11.6 Å². The summed E-state index contributed by atoms with van der Waals surface area (Å²) in [6, 6.07) is 8.14. The van der Waals surface area contributed by atoms with Crippen molar-refractivity contribution in [3.05, 3.63) is 57.4 Å². The van der Waals surface area contributed by atoms with Crippen molar-refractivity contribution in [3.63, 3.8) is 0 Å². The van der Waals surface area contributed by atoms with Gasteiger partial charge in [-0.15, -0.1) is 0 Å². The molecule has 0 spiro atoms. The Kier molecular flexibility index (Phi) is 3.52. The largest absolute Gasteiger partial charge is 0.504 e. The molecule has 2 aromatic rings. The van der Waals surface area contributed by atoms with Crippen molar-refractivity contribution in [1.29, 1.82) is 0 Å². The number of phenols is 1. The minimum Gasteiger partial charge on any atom is -0.504 e. The van der Waals surface area contributed by atoms with Crippen LogP contribution in [-0.2, 0) is 0 Å². The number of nitrogens with zero attached hydrogens (tertiary/aromatic N) is 1. The molecule has 2 N–H and O–H groups in total. The van der Waals surface area contributed by atoms with Crippen LogP contribution < -0.4 is 5.32 Å². The molecule has 19 heavy (non-hydrogen) atoms. The third kappa shape index (κ3) is 2.74. The second-order valence-electron chi connectivity index (χ2n) is 3.69. The number of nitrogens with one attached hydrogen (secondary N) is 1. The van der Waals surface area contributed by atoms with Gasteiger partial charge in [0.2, 0.25) is 0 Å². The average Bonchev–Trinajstić information content (AvgIpc) is 2.40. The molecule has 0 aliphatic rings. The molecule has 0 aliphatic heterocycles. The normalized spacial score (nSPS) is 10.2. The van der Waals surface area contributed by atoms with Crippen LogP contribution in [0.4, 0.5) is 21.5 Å². The van der Waals surface area contributed by atoms with E-state index in [2.05, 4.69) is 5.32 Å². The maximum Gasteiger partial charge on any atom is 0.269 e. The number of nitro benzene ring substituents is 1. The lowest BCUT2D eigenvalue weighted by molar-refractivity contribution is -0.384. The van der Waals surface area contributed by atoms with Gasteiger partial charge in [-0.2, -0.15) is 0 Å². The predicted molar refractivity (Wildman–Crippen MR) is 69.5 cm³/mol. The number of hydrogen-bond acceptors (Lipinski definition) is 4. The number of halogens is 2. The smallest absolute Gasteiger partial charge is 0.269 e. The Morgan fingerprint density at radius 1 is 1.21 bits per heavy atom. The van der Waals surface area contributed by atoms with Crippen LogP contribution in [0.15, 0.2) is 36.4 Å². The van der Waals surface area contributed by atoms with Crippen LogP contribution in [0.5, 0.6) is 5.75 Å². The van der Waals surface area contributed by atoms with Gasteiger partial charge in [0.15, 0.2) is 11.6 Å². The first-order chi connectivity index (χ1) is 8.99. The van der Waals surface area contributed by atoms with Crippen LogP contribution in [0.3, 0.4) is 0 Å². The van der Waals surface area contributed by atoms with Gasteiger partial charge in [-0.3, -0.25) is 10.1 Å². The summed E-state index contributed by atoms with van der Waals surface area (Å²) in [5.74, 6) is -1.53. The fourth-order valence-electron chi connectivity index (χ4n) is 1.46. The fourth-order valence-corrected chi connectivity index (χ4v) is 1.61. The van der Waals surface area contributed by atoms with Crippen LogP contribution in [0.1, 0.15) is 0 Å². The number of anilines is 2. The summed E-state index contributed by atoms with van der Waals surface area (Å²) >= 11 is 5.55. The van der Waals surface area contributed by atoms with Crippen molar-refractivity contribution < 1.29 is 14.4 Å². The second-order valence-corrected chi connectivity index (χ2v) is 4.09. The quantitative estimate of drug-likeness (QED) is 0.662. The SMILES string of the molecule is O=[N+]([O-])c1ccc(Nc2ccc(Cl)c(O)c2F)cc1. The number of nitro groups is 1. The zero-order chi connectivity index (χ0) is 14.0. The van der Waals surface area contributed by atoms with E-state index < -0.39 is 16.5 Å². The molecule has 0 saturated carbocycles. The maximum atomic E-state index is 13.7. The van der Waals surface area contributed by atoms with Crippen LogP contribution in [0.25, 0.3) is 0 Å². The standard InChI is InChI=1S/C12H8ClFN2O3/c13-9-5-6-10(11(14)12(9)17)15-7-1-3-8(4-2-7)16(18)19/h1-6,15,17H. The van der Waals surface area contributed by atoms with Gasteiger partial charge in [0.05, 0.1) is 15.6 Å². The number of benzene rings is 2. The summed E-state index contributed by atoms with van der Waals surface area (Å²) in [7, 11) is 0. The van der Waals surface area contributed by atoms with Gasteiger partial charge in [0, 0.05) is 17.8 Å². The van der Waals surface area contributed by atoms with E-state index in [0.29, 0.717) is 5.69 Å². The molecular formula is C12H8ClFN2O3. The minimum absolute atomic E-state index is 0.0238. The average molecular weight is 283 g/mol. The summed E-state index contributed by atoms with van der Waals surface area (Å²) in [4.78, 5) is 9.95. The van der Waals surface area contributed by atoms with Gasteiger partial charge in [-0.1, -0.05) is 11.6 Å². The van der Waals surface area contributed by atoms with E-state index in [1.807, 2.05) is 0 Å². The highest BCUT2D eigenvalue weighted by atomic mass is 35.5. The molecule has 0 radical (unpaired) electrons. The molecule has 2 aromatic carbocycles. The van der Waals surface area contributed by atoms with Crippen molar-refractivity contribution in [2.45, 2.75) is 0 Å². The first-order valence-corrected chi connectivity index (χ1v) is 5.55. The maximum absolute atomic E-state index is 13.7. The van der Waals surface area contributed by atoms with Crippen LogP contribution in [0.2, 0.25) is 5.02 Å². The molecule has 0 aromatic heterocycles. The zero-order valence-corrected chi connectivity index (χ0v) is 10.2. The summed E-state index contributed by atoms with van der Waals surface area (Å²) in [5, 5.41) is 22.4. The second kappa shape index (κ2) is 5.11. The summed E-state index contributed by atoms with van der Waals surface area (Å²) in [5.41, 5.74) is 0.409. The molecule has 2 rings (SSSR count). The van der Waals surface area contributed by atoms with Crippen LogP contribution in [0, 0.1) is 15.9 Å². The van der Waals surface area contributed by atoms with Gasteiger partial charge in [-0.05, 0) is 24.3 Å². The summed E-state index contributed by atoms with van der Waals surface area (Å²) in [6.07, 6.45) is 0. The van der Waals surface area contributed by atoms with Gasteiger partial charge in [0.1, 0.15) is 0 Å². The fraction of sp³-hybridized carbons (Fsp3) is 0. The Morgan fingerprint density at radius 3 is 2.42 bits per heavy atom. The third-order valence-electron chi connectivity index (χ3n) is 2.42. The Morgan fingerprint density at radius 2 is 1.84 bits per heavy atom. The van der Waals surface area contributed by atoms with E-state index in [-0.39, 0.29) is 16.4 Å². The first kappa shape index (κ1) is 13.1. The van der Waals surface area contributed by atoms with Crippen molar-refractivity contribution in [3.8, 4) is 5.75 Å². The summed E-state index contributed by atoms with van der Waals surface area (Å²) < 4.78 is 13.7. The predicted octanol–water partition coefficient (Wildman–Crippen LogP) is 3.84. The monoisotopic (exact) mass is 282 g/mol. The molecule has 0 fully saturated rings. The lowest BCUT2D eigenvalue weighted by atomic mass is 10.2. The Balaban J connectivity index is 2.26. The van der Waals surface area contributed by atoms with Gasteiger partial charge in [-0.25, -0.2) is 4.39 Å².